The summed E-state index contributed by atoms with van der Waals surface area (Å²) >= 11 is 0. The summed E-state index contributed by atoms with van der Waals surface area (Å²) in [5.41, 5.74) is 2.09. The Kier molecular flexibility index (Phi) is 5.01. The van der Waals surface area contributed by atoms with Crippen molar-refractivity contribution in [2.24, 2.45) is 0 Å². The Bertz CT molecular complexity index is 934. The Morgan fingerprint density at radius 1 is 1.15 bits per heavy atom. The van der Waals surface area contributed by atoms with Crippen LogP contribution in [0.25, 0.3) is 10.9 Å². The molecule has 3 aromatic rings. The van der Waals surface area contributed by atoms with Gasteiger partial charge in [-0.2, -0.15) is 0 Å². The lowest BCUT2D eigenvalue weighted by molar-refractivity contribution is -0.132. The SMILES string of the molecule is CCCN(CC1COc2ccccc2O1)C(=O)Cc1c[nH]c2ccccc12. The molecule has 4 rings (SSSR count). The number of carbonyl (C=O) groups is 1. The van der Waals surface area contributed by atoms with Crippen LogP contribution < -0.4 is 9.47 Å². The van der Waals surface area contributed by atoms with Gasteiger partial charge in [-0.15, -0.1) is 0 Å². The molecule has 1 aromatic heterocycles. The van der Waals surface area contributed by atoms with Gasteiger partial charge < -0.3 is 19.4 Å². The molecule has 5 heteroatoms. The minimum absolute atomic E-state index is 0.115. The normalized spacial score (nSPS) is 15.7. The van der Waals surface area contributed by atoms with E-state index in [2.05, 4.69) is 11.9 Å². The third-order valence-corrected chi connectivity index (χ3v) is 4.85. The summed E-state index contributed by atoms with van der Waals surface area (Å²) < 4.78 is 11.8. The van der Waals surface area contributed by atoms with Crippen LogP contribution in [0.1, 0.15) is 18.9 Å². The minimum Gasteiger partial charge on any atom is -0.486 e. The van der Waals surface area contributed by atoms with E-state index in [1.165, 1.54) is 0 Å². The molecule has 1 amide bonds. The predicted molar refractivity (Wildman–Crippen MR) is 105 cm³/mol. The van der Waals surface area contributed by atoms with Gasteiger partial charge >= 0.3 is 0 Å². The van der Waals surface area contributed by atoms with E-state index >= 15 is 0 Å². The van der Waals surface area contributed by atoms with Gasteiger partial charge in [0, 0.05) is 23.6 Å². The van der Waals surface area contributed by atoms with Crippen molar-refractivity contribution in [2.75, 3.05) is 19.7 Å². The second kappa shape index (κ2) is 7.74. The van der Waals surface area contributed by atoms with E-state index in [-0.39, 0.29) is 12.0 Å². The Morgan fingerprint density at radius 3 is 2.78 bits per heavy atom. The van der Waals surface area contributed by atoms with Crippen LogP contribution in [-0.4, -0.2) is 41.6 Å². The van der Waals surface area contributed by atoms with Crippen LogP contribution in [0, 0.1) is 0 Å². The number of rotatable bonds is 6. The number of fused-ring (bicyclic) bond motifs is 2. The highest BCUT2D eigenvalue weighted by Crippen LogP contribution is 2.31. The van der Waals surface area contributed by atoms with Crippen molar-refractivity contribution in [3.8, 4) is 11.5 Å². The summed E-state index contributed by atoms with van der Waals surface area (Å²) in [5, 5.41) is 1.11. The quantitative estimate of drug-likeness (QED) is 0.724. The molecule has 0 radical (unpaired) electrons. The number of aromatic amines is 1. The van der Waals surface area contributed by atoms with Crippen molar-refractivity contribution in [3.05, 3.63) is 60.3 Å². The number of para-hydroxylation sites is 3. The standard InChI is InChI=1S/C22H24N2O3/c1-2-11-24(14-17-15-26-20-9-5-6-10-21(20)27-17)22(25)12-16-13-23-19-8-4-3-7-18(16)19/h3-10,13,17,23H,2,11-12,14-15H2,1H3. The molecule has 0 saturated heterocycles. The van der Waals surface area contributed by atoms with Crippen molar-refractivity contribution < 1.29 is 14.3 Å². The summed E-state index contributed by atoms with van der Waals surface area (Å²) in [7, 11) is 0. The zero-order valence-electron chi connectivity index (χ0n) is 15.5. The van der Waals surface area contributed by atoms with E-state index in [4.69, 9.17) is 9.47 Å². The third-order valence-electron chi connectivity index (χ3n) is 4.85. The Labute approximate surface area is 158 Å². The number of hydrogen-bond donors (Lipinski definition) is 1. The number of nitrogens with one attached hydrogen (secondary N) is 1. The maximum absolute atomic E-state index is 13.0. The number of H-pyrrole nitrogens is 1. The second-order valence-corrected chi connectivity index (χ2v) is 6.87. The maximum Gasteiger partial charge on any atom is 0.227 e. The molecule has 1 unspecified atom stereocenters. The molecule has 5 nitrogen and oxygen atoms in total. The Balaban J connectivity index is 1.45. The summed E-state index contributed by atoms with van der Waals surface area (Å²) in [4.78, 5) is 18.1. The van der Waals surface area contributed by atoms with Gasteiger partial charge in [-0.05, 0) is 30.2 Å². The van der Waals surface area contributed by atoms with Crippen LogP contribution in [0.4, 0.5) is 0 Å². The first kappa shape index (κ1) is 17.5. The molecule has 0 fully saturated rings. The molecule has 0 saturated carbocycles. The number of hydrogen-bond acceptors (Lipinski definition) is 3. The van der Waals surface area contributed by atoms with Crippen molar-refractivity contribution in [1.29, 1.82) is 0 Å². The van der Waals surface area contributed by atoms with E-state index in [0.717, 1.165) is 34.4 Å². The first-order chi connectivity index (χ1) is 13.2. The first-order valence-corrected chi connectivity index (χ1v) is 9.46. The van der Waals surface area contributed by atoms with Crippen LogP contribution in [0.2, 0.25) is 0 Å². The molecule has 1 aliphatic heterocycles. The average molecular weight is 364 g/mol. The van der Waals surface area contributed by atoms with E-state index in [1.54, 1.807) is 0 Å². The van der Waals surface area contributed by atoms with Gasteiger partial charge in [-0.3, -0.25) is 4.79 Å². The molecular formula is C22H24N2O3. The van der Waals surface area contributed by atoms with E-state index in [1.807, 2.05) is 59.6 Å². The van der Waals surface area contributed by atoms with Gasteiger partial charge in [0.25, 0.3) is 0 Å². The van der Waals surface area contributed by atoms with Gasteiger partial charge in [0.1, 0.15) is 6.61 Å². The van der Waals surface area contributed by atoms with Crippen LogP contribution >= 0.6 is 0 Å². The predicted octanol–water partition coefficient (Wildman–Crippen LogP) is 3.79. The molecule has 0 aliphatic carbocycles. The molecular weight excluding hydrogens is 340 g/mol. The van der Waals surface area contributed by atoms with Gasteiger partial charge in [-0.25, -0.2) is 0 Å². The lowest BCUT2D eigenvalue weighted by Gasteiger charge is -2.31. The molecule has 1 aliphatic rings. The highest BCUT2D eigenvalue weighted by Gasteiger charge is 2.25. The lowest BCUT2D eigenvalue weighted by Crippen LogP contribution is -2.44. The molecule has 0 spiro atoms. The summed E-state index contributed by atoms with van der Waals surface area (Å²) in [6.07, 6.45) is 3.07. The largest absolute Gasteiger partial charge is 0.486 e. The number of aromatic nitrogens is 1. The smallest absolute Gasteiger partial charge is 0.227 e. The fourth-order valence-corrected chi connectivity index (χ4v) is 3.54. The number of amides is 1. The van der Waals surface area contributed by atoms with Gasteiger partial charge in [0.15, 0.2) is 17.6 Å². The number of carbonyl (C=O) groups excluding carboxylic acids is 1. The van der Waals surface area contributed by atoms with E-state index < -0.39 is 0 Å². The number of nitrogens with zero attached hydrogens (tertiary/aromatic N) is 1. The fourth-order valence-electron chi connectivity index (χ4n) is 3.54. The van der Waals surface area contributed by atoms with Crippen LogP contribution in [0.15, 0.2) is 54.7 Å². The summed E-state index contributed by atoms with van der Waals surface area (Å²) in [6, 6.07) is 15.7. The molecule has 2 aromatic carbocycles. The maximum atomic E-state index is 13.0. The van der Waals surface area contributed by atoms with Gasteiger partial charge in [0.2, 0.25) is 5.91 Å². The third kappa shape index (κ3) is 3.77. The van der Waals surface area contributed by atoms with Gasteiger partial charge in [-0.1, -0.05) is 37.3 Å². The molecule has 140 valence electrons. The molecule has 27 heavy (non-hydrogen) atoms. The van der Waals surface area contributed by atoms with Crippen molar-refractivity contribution in [2.45, 2.75) is 25.9 Å². The lowest BCUT2D eigenvalue weighted by atomic mass is 10.1. The van der Waals surface area contributed by atoms with E-state index in [9.17, 15) is 4.79 Å². The van der Waals surface area contributed by atoms with Gasteiger partial charge in [0.05, 0.1) is 13.0 Å². The monoisotopic (exact) mass is 364 g/mol. The Morgan fingerprint density at radius 2 is 1.93 bits per heavy atom. The van der Waals surface area contributed by atoms with Crippen molar-refractivity contribution >= 4 is 16.8 Å². The highest BCUT2D eigenvalue weighted by atomic mass is 16.6. The first-order valence-electron chi connectivity index (χ1n) is 9.46. The highest BCUT2D eigenvalue weighted by molar-refractivity contribution is 5.88. The zero-order valence-corrected chi connectivity index (χ0v) is 15.5. The zero-order chi connectivity index (χ0) is 18.6. The Hall–Kier alpha value is -2.95. The fraction of sp³-hybridized carbons (Fsp3) is 0.318. The van der Waals surface area contributed by atoms with Crippen LogP contribution in [0.3, 0.4) is 0 Å². The molecule has 2 heterocycles. The average Bonchev–Trinajstić information content (AvgIpc) is 3.10. The van der Waals surface area contributed by atoms with Crippen LogP contribution in [0.5, 0.6) is 11.5 Å². The van der Waals surface area contributed by atoms with Crippen molar-refractivity contribution in [1.82, 2.24) is 9.88 Å². The second-order valence-electron chi connectivity index (χ2n) is 6.87. The van der Waals surface area contributed by atoms with E-state index in [0.29, 0.717) is 26.1 Å². The van der Waals surface area contributed by atoms with Crippen molar-refractivity contribution in [3.63, 3.8) is 0 Å². The summed E-state index contributed by atoms with van der Waals surface area (Å²) in [6.45, 7) is 3.78. The van der Waals surface area contributed by atoms with Crippen LogP contribution in [-0.2, 0) is 11.2 Å². The molecule has 1 atom stereocenters. The molecule has 0 bridgehead atoms. The minimum atomic E-state index is -0.154. The molecule has 1 N–H and O–H groups in total. The number of benzene rings is 2. The topological polar surface area (TPSA) is 54.6 Å². The number of ether oxygens (including phenoxy) is 2. The summed E-state index contributed by atoms with van der Waals surface area (Å²) in [5.74, 6) is 1.62.